The van der Waals surface area contributed by atoms with Crippen LogP contribution in [0.1, 0.15) is 43.5 Å². The summed E-state index contributed by atoms with van der Waals surface area (Å²) in [6, 6.07) is 1.44. The van der Waals surface area contributed by atoms with Crippen molar-refractivity contribution in [2.45, 2.75) is 43.5 Å². The van der Waals surface area contributed by atoms with Crippen molar-refractivity contribution in [3.63, 3.8) is 0 Å². The van der Waals surface area contributed by atoms with E-state index in [-0.39, 0.29) is 16.4 Å². The van der Waals surface area contributed by atoms with Crippen molar-refractivity contribution in [1.82, 2.24) is 10.3 Å². The smallest absolute Gasteiger partial charge is 0.256 e. The first kappa shape index (κ1) is 18.6. The van der Waals surface area contributed by atoms with Crippen molar-refractivity contribution in [2.75, 3.05) is 11.6 Å². The van der Waals surface area contributed by atoms with Gasteiger partial charge in [0, 0.05) is 12.5 Å². The second kappa shape index (κ2) is 6.26. The molecule has 1 aliphatic rings. The Bertz CT molecular complexity index is 812. The Kier molecular flexibility index (Phi) is 4.84. The normalized spacial score (nSPS) is 18.1. The molecule has 1 aromatic heterocycles. The van der Waals surface area contributed by atoms with Crippen molar-refractivity contribution in [2.24, 2.45) is 0 Å². The lowest BCUT2D eigenvalue weighted by Gasteiger charge is -2.24. The predicted octanol–water partition coefficient (Wildman–Crippen LogP) is 2.21. The molecule has 1 atom stereocenters. The number of nitrogens with zero attached hydrogens (tertiary/aromatic N) is 1. The molecule has 1 saturated carbocycles. The SMILES string of the molecule is C#CC(C)(CC)NC(=O)c1cc(Cl)cnc1NC1(S(C)(=O)=O)CC1. The van der Waals surface area contributed by atoms with E-state index in [2.05, 4.69) is 21.5 Å². The molecule has 0 spiro atoms. The van der Waals surface area contributed by atoms with Crippen LogP contribution in [-0.2, 0) is 9.84 Å². The summed E-state index contributed by atoms with van der Waals surface area (Å²) in [5, 5.41) is 5.93. The van der Waals surface area contributed by atoms with Crippen molar-refractivity contribution in [3.05, 3.63) is 22.8 Å². The van der Waals surface area contributed by atoms with Gasteiger partial charge in [0.05, 0.1) is 16.1 Å². The molecule has 24 heavy (non-hydrogen) atoms. The number of anilines is 1. The lowest BCUT2D eigenvalue weighted by molar-refractivity contribution is 0.0924. The molecular formula is C16H20ClN3O3S. The highest BCUT2D eigenvalue weighted by atomic mass is 35.5. The second-order valence-corrected chi connectivity index (χ2v) is 8.99. The van der Waals surface area contributed by atoms with Gasteiger partial charge >= 0.3 is 0 Å². The molecule has 0 saturated heterocycles. The molecule has 8 heteroatoms. The summed E-state index contributed by atoms with van der Waals surface area (Å²) in [6.07, 6.45) is 9.48. The zero-order valence-electron chi connectivity index (χ0n) is 13.8. The number of halogens is 1. The Morgan fingerprint density at radius 1 is 1.54 bits per heavy atom. The number of carbonyl (C=O) groups excluding carboxylic acids is 1. The lowest BCUT2D eigenvalue weighted by Crippen LogP contribution is -2.44. The average molecular weight is 370 g/mol. The van der Waals surface area contributed by atoms with Gasteiger partial charge in [0.25, 0.3) is 5.91 Å². The average Bonchev–Trinajstić information content (AvgIpc) is 3.29. The van der Waals surface area contributed by atoms with Gasteiger partial charge in [0.15, 0.2) is 9.84 Å². The van der Waals surface area contributed by atoms with Gasteiger partial charge in [0.1, 0.15) is 10.7 Å². The van der Waals surface area contributed by atoms with Crippen LogP contribution in [0.4, 0.5) is 5.82 Å². The van der Waals surface area contributed by atoms with E-state index in [0.29, 0.717) is 19.3 Å². The fourth-order valence-corrected chi connectivity index (χ4v) is 3.46. The van der Waals surface area contributed by atoms with Gasteiger partial charge in [-0.05, 0) is 32.3 Å². The van der Waals surface area contributed by atoms with E-state index >= 15 is 0 Å². The summed E-state index contributed by atoms with van der Waals surface area (Å²) in [7, 11) is -3.33. The monoisotopic (exact) mass is 369 g/mol. The Morgan fingerprint density at radius 3 is 2.62 bits per heavy atom. The third-order valence-electron chi connectivity index (χ3n) is 4.27. The van der Waals surface area contributed by atoms with Gasteiger partial charge in [-0.3, -0.25) is 4.79 Å². The molecule has 1 fully saturated rings. The van der Waals surface area contributed by atoms with Gasteiger partial charge in [-0.15, -0.1) is 6.42 Å². The molecule has 0 aromatic carbocycles. The zero-order valence-corrected chi connectivity index (χ0v) is 15.4. The number of sulfone groups is 1. The van der Waals surface area contributed by atoms with Crippen LogP contribution in [0, 0.1) is 12.3 Å². The summed E-state index contributed by atoms with van der Waals surface area (Å²) < 4.78 is 23.9. The maximum atomic E-state index is 12.6. The summed E-state index contributed by atoms with van der Waals surface area (Å²) in [6.45, 7) is 3.59. The molecule has 0 bridgehead atoms. The van der Waals surface area contributed by atoms with Gasteiger partial charge in [-0.1, -0.05) is 24.4 Å². The minimum absolute atomic E-state index is 0.160. The Balaban J connectivity index is 2.36. The Labute approximate surface area is 147 Å². The molecule has 1 aliphatic carbocycles. The highest BCUT2D eigenvalue weighted by molar-refractivity contribution is 7.92. The Hall–Kier alpha value is -1.78. The molecule has 2 rings (SSSR count). The first-order valence-corrected chi connectivity index (χ1v) is 9.76. The number of pyridine rings is 1. The van der Waals surface area contributed by atoms with Crippen molar-refractivity contribution in [3.8, 4) is 12.3 Å². The minimum Gasteiger partial charge on any atom is -0.351 e. The minimum atomic E-state index is -3.33. The molecule has 1 heterocycles. The second-order valence-electron chi connectivity index (χ2n) is 6.23. The van der Waals surface area contributed by atoms with Gasteiger partial charge < -0.3 is 10.6 Å². The topological polar surface area (TPSA) is 88.2 Å². The number of nitrogens with one attached hydrogen (secondary N) is 2. The number of amides is 1. The molecule has 1 aromatic rings. The fourth-order valence-electron chi connectivity index (χ4n) is 2.17. The van der Waals surface area contributed by atoms with E-state index in [1.54, 1.807) is 6.92 Å². The number of terminal acetylenes is 1. The molecular weight excluding hydrogens is 350 g/mol. The maximum Gasteiger partial charge on any atom is 0.256 e. The summed E-state index contributed by atoms with van der Waals surface area (Å²) in [5.41, 5.74) is -0.655. The molecule has 6 nitrogen and oxygen atoms in total. The first-order valence-electron chi connectivity index (χ1n) is 7.49. The predicted molar refractivity (Wildman–Crippen MR) is 94.7 cm³/mol. The quantitative estimate of drug-likeness (QED) is 0.750. The summed E-state index contributed by atoms with van der Waals surface area (Å²) in [4.78, 5) is 15.6. The fraction of sp³-hybridized carbons (Fsp3) is 0.500. The van der Waals surface area contributed by atoms with E-state index in [1.807, 2.05) is 6.92 Å². The molecule has 2 N–H and O–H groups in total. The van der Waals surface area contributed by atoms with Gasteiger partial charge in [0.2, 0.25) is 0 Å². The number of aromatic nitrogens is 1. The van der Waals surface area contributed by atoms with Gasteiger partial charge in [-0.2, -0.15) is 0 Å². The number of carbonyl (C=O) groups is 1. The van der Waals surface area contributed by atoms with Crippen LogP contribution in [0.5, 0.6) is 0 Å². The van der Waals surface area contributed by atoms with E-state index in [1.165, 1.54) is 12.3 Å². The van der Waals surface area contributed by atoms with Crippen LogP contribution in [0.3, 0.4) is 0 Å². The van der Waals surface area contributed by atoms with Crippen LogP contribution in [0.15, 0.2) is 12.3 Å². The van der Waals surface area contributed by atoms with Crippen molar-refractivity contribution in [1.29, 1.82) is 0 Å². The largest absolute Gasteiger partial charge is 0.351 e. The molecule has 0 aliphatic heterocycles. The highest BCUT2D eigenvalue weighted by Crippen LogP contribution is 2.43. The highest BCUT2D eigenvalue weighted by Gasteiger charge is 2.53. The van der Waals surface area contributed by atoms with E-state index < -0.39 is 26.2 Å². The Morgan fingerprint density at radius 2 is 2.17 bits per heavy atom. The third-order valence-corrected chi connectivity index (χ3v) is 6.41. The number of hydrogen-bond donors (Lipinski definition) is 2. The van der Waals surface area contributed by atoms with Crippen LogP contribution in [0.2, 0.25) is 5.02 Å². The summed E-state index contributed by atoms with van der Waals surface area (Å²) in [5.74, 6) is 2.26. The standard InChI is InChI=1S/C16H20ClN3O3S/c1-5-15(3,6-2)20-14(21)12-9-11(17)10-18-13(12)19-16(7-8-16)24(4,22)23/h1,9-10H,6-8H2,2-4H3,(H,18,19)(H,20,21). The van der Waals surface area contributed by atoms with Crippen LogP contribution >= 0.6 is 11.6 Å². The molecule has 0 radical (unpaired) electrons. The van der Waals surface area contributed by atoms with E-state index in [9.17, 15) is 13.2 Å². The number of rotatable bonds is 6. The maximum absolute atomic E-state index is 12.6. The molecule has 1 unspecified atom stereocenters. The third kappa shape index (κ3) is 3.65. The molecule has 130 valence electrons. The van der Waals surface area contributed by atoms with Crippen LogP contribution in [0.25, 0.3) is 0 Å². The summed E-state index contributed by atoms with van der Waals surface area (Å²) >= 11 is 5.95. The van der Waals surface area contributed by atoms with Crippen molar-refractivity contribution < 1.29 is 13.2 Å². The zero-order chi connectivity index (χ0) is 18.2. The van der Waals surface area contributed by atoms with Crippen LogP contribution < -0.4 is 10.6 Å². The van der Waals surface area contributed by atoms with Crippen LogP contribution in [-0.4, -0.2) is 36.0 Å². The molecule has 1 amide bonds. The lowest BCUT2D eigenvalue weighted by atomic mass is 9.99. The van der Waals surface area contributed by atoms with E-state index in [0.717, 1.165) is 6.26 Å². The van der Waals surface area contributed by atoms with E-state index in [4.69, 9.17) is 18.0 Å². The number of hydrogen-bond acceptors (Lipinski definition) is 5. The van der Waals surface area contributed by atoms with Crippen molar-refractivity contribution >= 4 is 33.2 Å². The van der Waals surface area contributed by atoms with Gasteiger partial charge in [-0.25, -0.2) is 13.4 Å². The first-order chi connectivity index (χ1) is 11.1.